The zero-order valence-corrected chi connectivity index (χ0v) is 14.9. The Morgan fingerprint density at radius 1 is 0.885 bits per heavy atom. The van der Waals surface area contributed by atoms with Crippen LogP contribution in [0.3, 0.4) is 0 Å². The number of hydrogen-bond donors (Lipinski definition) is 2. The summed E-state index contributed by atoms with van der Waals surface area (Å²) in [6.45, 7) is 5.12. The molecule has 4 amide bonds. The Labute approximate surface area is 151 Å². The largest absolute Gasteiger partial charge is 0.443 e. The molecular formula is C19H21N3O4. The van der Waals surface area contributed by atoms with E-state index >= 15 is 0 Å². The van der Waals surface area contributed by atoms with Crippen LogP contribution in [0, 0.1) is 0 Å². The lowest BCUT2D eigenvalue weighted by Crippen LogP contribution is -2.53. The van der Waals surface area contributed by atoms with Gasteiger partial charge >= 0.3 is 12.1 Å². The molecule has 7 nitrogen and oxygen atoms in total. The van der Waals surface area contributed by atoms with Crippen molar-refractivity contribution in [3.05, 3.63) is 66.2 Å². The fraction of sp³-hybridized carbons (Fsp3) is 0.211. The summed E-state index contributed by atoms with van der Waals surface area (Å²) in [5, 5.41) is 3.17. The van der Waals surface area contributed by atoms with Crippen LogP contribution in [0.1, 0.15) is 31.1 Å². The van der Waals surface area contributed by atoms with Gasteiger partial charge in [-0.05, 0) is 45.0 Å². The minimum atomic E-state index is -0.816. The SMILES string of the molecule is CC(C)(C)OC(=O)NN(C(=O)NC(=O)c1ccccc1)c1ccccc1. The summed E-state index contributed by atoms with van der Waals surface area (Å²) in [6.07, 6.45) is -0.816. The molecule has 0 atom stereocenters. The van der Waals surface area contributed by atoms with Crippen LogP contribution in [0.25, 0.3) is 0 Å². The molecule has 2 aromatic carbocycles. The molecule has 0 bridgehead atoms. The van der Waals surface area contributed by atoms with Crippen LogP contribution in [-0.4, -0.2) is 23.6 Å². The highest BCUT2D eigenvalue weighted by Crippen LogP contribution is 2.13. The Balaban J connectivity index is 2.16. The summed E-state index contributed by atoms with van der Waals surface area (Å²) in [7, 11) is 0. The lowest BCUT2D eigenvalue weighted by molar-refractivity contribution is 0.0523. The maximum absolute atomic E-state index is 12.6. The fourth-order valence-electron chi connectivity index (χ4n) is 2.02. The van der Waals surface area contributed by atoms with Gasteiger partial charge in [0.25, 0.3) is 5.91 Å². The molecule has 0 radical (unpaired) electrons. The summed E-state index contributed by atoms with van der Waals surface area (Å²) in [4.78, 5) is 36.8. The molecule has 136 valence electrons. The van der Waals surface area contributed by atoms with E-state index in [9.17, 15) is 14.4 Å². The van der Waals surface area contributed by atoms with Gasteiger partial charge < -0.3 is 4.74 Å². The van der Waals surface area contributed by atoms with Crippen LogP contribution in [0.4, 0.5) is 15.3 Å². The summed E-state index contributed by atoms with van der Waals surface area (Å²) in [5.41, 5.74) is 2.32. The Hall–Kier alpha value is -3.35. The maximum atomic E-state index is 12.6. The van der Waals surface area contributed by atoms with Gasteiger partial charge in [0.1, 0.15) is 5.60 Å². The average molecular weight is 355 g/mol. The lowest BCUT2D eigenvalue weighted by Gasteiger charge is -2.26. The second-order valence-corrected chi connectivity index (χ2v) is 6.41. The minimum Gasteiger partial charge on any atom is -0.443 e. The maximum Gasteiger partial charge on any atom is 0.427 e. The van der Waals surface area contributed by atoms with Gasteiger partial charge in [-0.15, -0.1) is 0 Å². The predicted octanol–water partition coefficient (Wildman–Crippen LogP) is 3.48. The van der Waals surface area contributed by atoms with E-state index in [1.807, 2.05) is 0 Å². The third-order valence-corrected chi connectivity index (χ3v) is 3.08. The Morgan fingerprint density at radius 2 is 1.42 bits per heavy atom. The average Bonchev–Trinajstić information content (AvgIpc) is 2.59. The number of anilines is 1. The van der Waals surface area contributed by atoms with Crippen molar-refractivity contribution in [3.8, 4) is 0 Å². The van der Waals surface area contributed by atoms with Gasteiger partial charge in [-0.25, -0.2) is 15.0 Å². The molecule has 7 heteroatoms. The Bertz CT molecular complexity index is 770. The lowest BCUT2D eigenvalue weighted by atomic mass is 10.2. The molecule has 2 N–H and O–H groups in total. The van der Waals surface area contributed by atoms with Crippen molar-refractivity contribution in [2.75, 3.05) is 5.01 Å². The molecule has 2 aromatic rings. The van der Waals surface area contributed by atoms with E-state index in [1.165, 1.54) is 0 Å². The molecule has 2 rings (SSSR count). The van der Waals surface area contributed by atoms with Crippen molar-refractivity contribution in [1.82, 2.24) is 10.7 Å². The van der Waals surface area contributed by atoms with E-state index in [1.54, 1.807) is 81.4 Å². The number of urea groups is 1. The molecule has 0 aliphatic rings. The van der Waals surface area contributed by atoms with E-state index in [0.717, 1.165) is 5.01 Å². The second-order valence-electron chi connectivity index (χ2n) is 6.41. The monoisotopic (exact) mass is 355 g/mol. The Kier molecular flexibility index (Phi) is 5.95. The number of nitrogens with zero attached hydrogens (tertiary/aromatic N) is 1. The first-order valence-corrected chi connectivity index (χ1v) is 8.01. The smallest absolute Gasteiger partial charge is 0.427 e. The van der Waals surface area contributed by atoms with Crippen molar-refractivity contribution in [3.63, 3.8) is 0 Å². The third-order valence-electron chi connectivity index (χ3n) is 3.08. The van der Waals surface area contributed by atoms with Gasteiger partial charge in [-0.2, -0.15) is 5.01 Å². The fourth-order valence-corrected chi connectivity index (χ4v) is 2.02. The topological polar surface area (TPSA) is 87.7 Å². The molecule has 0 saturated heterocycles. The van der Waals surface area contributed by atoms with Gasteiger partial charge in [0.15, 0.2) is 0 Å². The first kappa shape index (κ1) is 19.0. The van der Waals surface area contributed by atoms with Gasteiger partial charge in [-0.1, -0.05) is 36.4 Å². The van der Waals surface area contributed by atoms with Crippen molar-refractivity contribution < 1.29 is 19.1 Å². The minimum absolute atomic E-state index is 0.325. The van der Waals surface area contributed by atoms with Crippen LogP contribution in [0.2, 0.25) is 0 Å². The molecule has 0 fully saturated rings. The van der Waals surface area contributed by atoms with E-state index < -0.39 is 23.6 Å². The zero-order valence-electron chi connectivity index (χ0n) is 14.9. The van der Waals surface area contributed by atoms with Crippen molar-refractivity contribution in [2.24, 2.45) is 0 Å². The summed E-state index contributed by atoms with van der Waals surface area (Å²) in [6, 6.07) is 15.9. The number of benzene rings is 2. The molecule has 0 heterocycles. The highest BCUT2D eigenvalue weighted by Gasteiger charge is 2.24. The summed E-state index contributed by atoms with van der Waals surface area (Å²) >= 11 is 0. The number of para-hydroxylation sites is 1. The van der Waals surface area contributed by atoms with Crippen LogP contribution < -0.4 is 15.8 Å². The van der Waals surface area contributed by atoms with Crippen molar-refractivity contribution in [1.29, 1.82) is 0 Å². The zero-order chi connectivity index (χ0) is 19.2. The van der Waals surface area contributed by atoms with E-state index in [4.69, 9.17) is 4.74 Å². The van der Waals surface area contributed by atoms with E-state index in [2.05, 4.69) is 10.7 Å². The standard InChI is InChI=1S/C19H21N3O4/c1-19(2,3)26-18(25)21-22(15-12-8-5-9-13-15)17(24)20-16(23)14-10-6-4-7-11-14/h4-13H,1-3H3,(H,21,25)(H,20,23,24). The van der Waals surface area contributed by atoms with Crippen LogP contribution in [0.5, 0.6) is 0 Å². The number of carbonyl (C=O) groups is 3. The quantitative estimate of drug-likeness (QED) is 0.807. The second kappa shape index (κ2) is 8.15. The van der Waals surface area contributed by atoms with Gasteiger partial charge in [-0.3, -0.25) is 10.1 Å². The third kappa shape index (κ3) is 5.62. The number of nitrogens with one attached hydrogen (secondary N) is 2. The Morgan fingerprint density at radius 3 is 1.96 bits per heavy atom. The number of rotatable bonds is 2. The number of hydrogen-bond acceptors (Lipinski definition) is 4. The molecule has 26 heavy (non-hydrogen) atoms. The molecule has 0 unspecified atom stereocenters. The van der Waals surface area contributed by atoms with Gasteiger partial charge in [0.05, 0.1) is 5.69 Å². The van der Waals surface area contributed by atoms with Gasteiger partial charge in [0, 0.05) is 5.56 Å². The molecule has 0 aliphatic carbocycles. The van der Waals surface area contributed by atoms with Gasteiger partial charge in [0.2, 0.25) is 0 Å². The predicted molar refractivity (Wildman–Crippen MR) is 97.6 cm³/mol. The molecule has 0 aromatic heterocycles. The number of ether oxygens (including phenoxy) is 1. The molecule has 0 spiro atoms. The molecular weight excluding hydrogens is 334 g/mol. The van der Waals surface area contributed by atoms with Crippen LogP contribution >= 0.6 is 0 Å². The summed E-state index contributed by atoms with van der Waals surface area (Å²) in [5.74, 6) is -0.581. The molecule has 0 aliphatic heterocycles. The molecule has 0 saturated carbocycles. The highest BCUT2D eigenvalue weighted by molar-refractivity contribution is 6.09. The van der Waals surface area contributed by atoms with Crippen molar-refractivity contribution in [2.45, 2.75) is 26.4 Å². The number of hydrazine groups is 1. The number of carbonyl (C=O) groups excluding carboxylic acids is 3. The highest BCUT2D eigenvalue weighted by atomic mass is 16.6. The number of imide groups is 1. The number of amides is 4. The van der Waals surface area contributed by atoms with Crippen molar-refractivity contribution >= 4 is 23.7 Å². The first-order chi connectivity index (χ1) is 12.3. The van der Waals surface area contributed by atoms with Crippen LogP contribution in [-0.2, 0) is 4.74 Å². The first-order valence-electron chi connectivity index (χ1n) is 8.01. The van der Waals surface area contributed by atoms with E-state index in [-0.39, 0.29) is 0 Å². The van der Waals surface area contributed by atoms with E-state index in [0.29, 0.717) is 11.3 Å². The van der Waals surface area contributed by atoms with Crippen LogP contribution in [0.15, 0.2) is 60.7 Å². The normalized spacial score (nSPS) is 10.6. The summed E-state index contributed by atoms with van der Waals surface area (Å²) < 4.78 is 5.17.